The third kappa shape index (κ3) is 4.42. The molecule has 0 amide bonds. The summed E-state index contributed by atoms with van der Waals surface area (Å²) in [7, 11) is 0. The van der Waals surface area contributed by atoms with Gasteiger partial charge in [0.1, 0.15) is 6.61 Å². The van der Waals surface area contributed by atoms with Crippen LogP contribution < -0.4 is 5.73 Å². The van der Waals surface area contributed by atoms with Crippen molar-refractivity contribution in [1.82, 2.24) is 9.97 Å². The highest BCUT2D eigenvalue weighted by atomic mass is 79.9. The van der Waals surface area contributed by atoms with Gasteiger partial charge in [-0.3, -0.25) is 0 Å². The molecule has 110 valence electrons. The van der Waals surface area contributed by atoms with Gasteiger partial charge in [-0.2, -0.15) is 0 Å². The summed E-state index contributed by atoms with van der Waals surface area (Å²) in [5.74, 6) is 1.06. The minimum atomic E-state index is -0.0156. The van der Waals surface area contributed by atoms with Crippen LogP contribution in [0.15, 0.2) is 22.0 Å². The zero-order valence-electron chi connectivity index (χ0n) is 11.7. The first-order chi connectivity index (χ1) is 9.46. The topological polar surface area (TPSA) is 82.6 Å². The van der Waals surface area contributed by atoms with Gasteiger partial charge in [0.15, 0.2) is 5.82 Å². The van der Waals surface area contributed by atoms with Crippen LogP contribution in [0.2, 0.25) is 0 Å². The fourth-order valence-corrected chi connectivity index (χ4v) is 2.37. The number of ether oxygens (including phenoxy) is 1. The third-order valence-corrected chi connectivity index (χ3v) is 3.53. The van der Waals surface area contributed by atoms with Gasteiger partial charge in [0.05, 0.1) is 16.7 Å². The Morgan fingerprint density at radius 3 is 2.85 bits per heavy atom. The van der Waals surface area contributed by atoms with Crippen LogP contribution in [-0.4, -0.2) is 34.6 Å². The summed E-state index contributed by atoms with van der Waals surface area (Å²) in [5.41, 5.74) is 5.73. The van der Waals surface area contributed by atoms with Crippen LogP contribution in [0, 0.1) is 5.92 Å². The second kappa shape index (κ2) is 6.49. The van der Waals surface area contributed by atoms with Crippen molar-refractivity contribution in [3.05, 3.63) is 22.7 Å². The van der Waals surface area contributed by atoms with Crippen molar-refractivity contribution in [3.8, 4) is 0 Å². The Kier molecular flexibility index (Phi) is 4.93. The summed E-state index contributed by atoms with van der Waals surface area (Å²) in [6.07, 6.45) is 5.18. The average Bonchev–Trinajstić information content (AvgIpc) is 2.75. The molecule has 0 aromatic carbocycles. The number of aromatic nitrogens is 2. The Hall–Kier alpha value is -1.21. The van der Waals surface area contributed by atoms with Gasteiger partial charge in [-0.25, -0.2) is 9.97 Å². The smallest absolute Gasteiger partial charge is 0.208 e. The molecule has 0 spiro atoms. The van der Waals surface area contributed by atoms with Crippen LogP contribution in [0.1, 0.15) is 32.5 Å². The monoisotopic (exact) mass is 342 g/mol. The van der Waals surface area contributed by atoms with Gasteiger partial charge >= 0.3 is 0 Å². The number of oxime groups is 1. The van der Waals surface area contributed by atoms with E-state index in [0.29, 0.717) is 18.3 Å². The van der Waals surface area contributed by atoms with Crippen molar-refractivity contribution in [1.29, 1.82) is 0 Å². The SMILES string of the molecule is CC1(C)CC(CCO/N=C(\N)c2ncc(Br)cn2)CO1. The fraction of sp³-hybridized carbons (Fsp3) is 0.615. The van der Waals surface area contributed by atoms with Gasteiger partial charge in [-0.1, -0.05) is 5.16 Å². The molecule has 0 saturated carbocycles. The summed E-state index contributed by atoms with van der Waals surface area (Å²) < 4.78 is 6.46. The van der Waals surface area contributed by atoms with Gasteiger partial charge in [-0.15, -0.1) is 0 Å². The van der Waals surface area contributed by atoms with E-state index in [4.69, 9.17) is 15.3 Å². The maximum atomic E-state index is 5.74. The number of nitrogens with zero attached hydrogens (tertiary/aromatic N) is 3. The Bertz CT molecular complexity index is 476. The molecular weight excluding hydrogens is 324 g/mol. The number of amidine groups is 1. The first kappa shape index (κ1) is 15.2. The van der Waals surface area contributed by atoms with Gasteiger partial charge in [-0.05, 0) is 48.5 Å². The number of nitrogens with two attached hydrogens (primary N) is 1. The van der Waals surface area contributed by atoms with Crippen molar-refractivity contribution in [2.45, 2.75) is 32.3 Å². The lowest BCUT2D eigenvalue weighted by molar-refractivity contribution is 0.0340. The maximum Gasteiger partial charge on any atom is 0.208 e. The Morgan fingerprint density at radius 1 is 1.55 bits per heavy atom. The summed E-state index contributed by atoms with van der Waals surface area (Å²) in [4.78, 5) is 13.3. The van der Waals surface area contributed by atoms with E-state index < -0.39 is 0 Å². The molecule has 2 N–H and O–H groups in total. The molecule has 1 atom stereocenters. The van der Waals surface area contributed by atoms with Gasteiger partial charge in [0.2, 0.25) is 5.84 Å². The number of halogens is 1. The van der Waals surface area contributed by atoms with Crippen molar-refractivity contribution < 1.29 is 9.57 Å². The molecule has 20 heavy (non-hydrogen) atoms. The minimum Gasteiger partial charge on any atom is -0.394 e. The van der Waals surface area contributed by atoms with E-state index in [2.05, 4.69) is 44.9 Å². The van der Waals surface area contributed by atoms with E-state index in [0.717, 1.165) is 23.9 Å². The maximum absolute atomic E-state index is 5.74. The standard InChI is InChI=1S/C13H19BrN4O2/c1-13(2)5-9(8-19-13)3-4-20-18-11(15)12-16-6-10(14)7-17-12/h6-7,9H,3-5,8H2,1-2H3,(H2,15,18). The van der Waals surface area contributed by atoms with Crippen LogP contribution in [0.5, 0.6) is 0 Å². The van der Waals surface area contributed by atoms with Crippen molar-refractivity contribution in [3.63, 3.8) is 0 Å². The molecule has 6 nitrogen and oxygen atoms in total. The quantitative estimate of drug-likeness (QED) is 0.383. The van der Waals surface area contributed by atoms with Crippen LogP contribution in [-0.2, 0) is 9.57 Å². The second-order valence-electron chi connectivity index (χ2n) is 5.46. The van der Waals surface area contributed by atoms with Gasteiger partial charge in [0.25, 0.3) is 0 Å². The highest BCUT2D eigenvalue weighted by molar-refractivity contribution is 9.10. The van der Waals surface area contributed by atoms with Crippen LogP contribution in [0.4, 0.5) is 0 Å². The summed E-state index contributed by atoms with van der Waals surface area (Å²) in [6.45, 7) is 5.51. The molecule has 0 radical (unpaired) electrons. The fourth-order valence-electron chi connectivity index (χ4n) is 2.16. The number of hydrogen-bond acceptors (Lipinski definition) is 5. The molecule has 1 saturated heterocycles. The van der Waals surface area contributed by atoms with Crippen molar-refractivity contribution in [2.24, 2.45) is 16.8 Å². The molecule has 1 unspecified atom stereocenters. The zero-order valence-corrected chi connectivity index (χ0v) is 13.3. The van der Waals surface area contributed by atoms with E-state index in [9.17, 15) is 0 Å². The predicted molar refractivity (Wildman–Crippen MR) is 79.2 cm³/mol. The molecular formula is C13H19BrN4O2. The molecule has 7 heteroatoms. The number of hydrogen-bond donors (Lipinski definition) is 1. The molecule has 1 aliphatic rings. The van der Waals surface area contributed by atoms with Crippen molar-refractivity contribution >= 4 is 21.8 Å². The lowest BCUT2D eigenvalue weighted by Crippen LogP contribution is -2.18. The minimum absolute atomic E-state index is 0.0156. The summed E-state index contributed by atoms with van der Waals surface area (Å²) in [5, 5.41) is 3.83. The largest absolute Gasteiger partial charge is 0.394 e. The van der Waals surface area contributed by atoms with Crippen molar-refractivity contribution in [2.75, 3.05) is 13.2 Å². The highest BCUT2D eigenvalue weighted by Crippen LogP contribution is 2.30. The van der Waals surface area contributed by atoms with Crippen LogP contribution in [0.25, 0.3) is 0 Å². The lowest BCUT2D eigenvalue weighted by Gasteiger charge is -2.15. The molecule has 0 aliphatic carbocycles. The predicted octanol–water partition coefficient (Wildman–Crippen LogP) is 2.08. The van der Waals surface area contributed by atoms with E-state index in [1.165, 1.54) is 0 Å². The first-order valence-electron chi connectivity index (χ1n) is 6.53. The van der Waals surface area contributed by atoms with Crippen LogP contribution in [0.3, 0.4) is 0 Å². The molecule has 1 fully saturated rings. The molecule has 1 aliphatic heterocycles. The molecule has 2 heterocycles. The lowest BCUT2D eigenvalue weighted by atomic mass is 9.96. The van der Waals surface area contributed by atoms with Crippen LogP contribution >= 0.6 is 15.9 Å². The average molecular weight is 343 g/mol. The summed E-state index contributed by atoms with van der Waals surface area (Å²) >= 11 is 3.26. The normalized spacial score (nSPS) is 21.9. The second-order valence-corrected chi connectivity index (χ2v) is 6.38. The molecule has 1 aromatic rings. The molecule has 1 aromatic heterocycles. The summed E-state index contributed by atoms with van der Waals surface area (Å²) in [6, 6.07) is 0. The van der Waals surface area contributed by atoms with E-state index in [-0.39, 0.29) is 11.4 Å². The van der Waals surface area contributed by atoms with Gasteiger partial charge in [0, 0.05) is 12.4 Å². The Balaban J connectivity index is 1.75. The van der Waals surface area contributed by atoms with Gasteiger partial charge < -0.3 is 15.3 Å². The Labute approximate surface area is 126 Å². The van der Waals surface area contributed by atoms with E-state index in [1.54, 1.807) is 12.4 Å². The highest BCUT2D eigenvalue weighted by Gasteiger charge is 2.31. The van der Waals surface area contributed by atoms with E-state index >= 15 is 0 Å². The zero-order chi connectivity index (χ0) is 14.6. The third-order valence-electron chi connectivity index (χ3n) is 3.12. The molecule has 0 bridgehead atoms. The molecule has 2 rings (SSSR count). The van der Waals surface area contributed by atoms with E-state index in [1.807, 2.05) is 0 Å². The Morgan fingerprint density at radius 2 is 2.25 bits per heavy atom. The number of rotatable bonds is 5. The first-order valence-corrected chi connectivity index (χ1v) is 7.33.